The molecule has 6 nitrogen and oxygen atoms in total. The standard InChI is InChI=1S/C16H24N2O4/c1-10(2)6-11(3)20-5-4-16(19)18-13-8-15-14(7-12(13)17)21-9-22-15/h7-8,10-11H,4-6,9,17H2,1-3H3,(H,18,19). The lowest BCUT2D eigenvalue weighted by atomic mass is 10.1. The van der Waals surface area contributed by atoms with Crippen molar-refractivity contribution in [2.45, 2.75) is 39.7 Å². The fourth-order valence-corrected chi connectivity index (χ4v) is 2.36. The highest BCUT2D eigenvalue weighted by Crippen LogP contribution is 2.38. The van der Waals surface area contributed by atoms with Gasteiger partial charge in [0.25, 0.3) is 0 Å². The predicted molar refractivity (Wildman–Crippen MR) is 85.1 cm³/mol. The number of amides is 1. The van der Waals surface area contributed by atoms with Crippen LogP contribution in [0.3, 0.4) is 0 Å². The van der Waals surface area contributed by atoms with Crippen LogP contribution in [0.2, 0.25) is 0 Å². The summed E-state index contributed by atoms with van der Waals surface area (Å²) in [5, 5.41) is 2.77. The van der Waals surface area contributed by atoms with Crippen molar-refractivity contribution in [2.75, 3.05) is 24.5 Å². The molecule has 0 radical (unpaired) electrons. The molecule has 122 valence electrons. The summed E-state index contributed by atoms with van der Waals surface area (Å²) in [5.74, 6) is 1.63. The third-order valence-electron chi connectivity index (χ3n) is 3.35. The van der Waals surface area contributed by atoms with E-state index in [0.29, 0.717) is 35.4 Å². The molecule has 1 aromatic rings. The SMILES string of the molecule is CC(C)CC(C)OCCC(=O)Nc1cc2c(cc1N)OCO2. The van der Waals surface area contributed by atoms with Gasteiger partial charge in [0, 0.05) is 12.1 Å². The van der Waals surface area contributed by atoms with Crippen LogP contribution >= 0.6 is 0 Å². The first kappa shape index (κ1) is 16.4. The van der Waals surface area contributed by atoms with Crippen LogP contribution < -0.4 is 20.5 Å². The Morgan fingerprint density at radius 2 is 2.00 bits per heavy atom. The van der Waals surface area contributed by atoms with E-state index in [-0.39, 0.29) is 25.2 Å². The summed E-state index contributed by atoms with van der Waals surface area (Å²) >= 11 is 0. The number of anilines is 2. The number of nitrogen functional groups attached to an aromatic ring is 1. The van der Waals surface area contributed by atoms with Crippen LogP contribution in [0.4, 0.5) is 11.4 Å². The second-order valence-electron chi connectivity index (χ2n) is 5.90. The number of nitrogens with one attached hydrogen (secondary N) is 1. The number of ether oxygens (including phenoxy) is 3. The molecule has 1 unspecified atom stereocenters. The molecule has 6 heteroatoms. The Hall–Kier alpha value is -1.95. The van der Waals surface area contributed by atoms with Crippen molar-refractivity contribution in [1.29, 1.82) is 0 Å². The maximum absolute atomic E-state index is 11.9. The second-order valence-corrected chi connectivity index (χ2v) is 5.90. The molecule has 1 aliphatic rings. The van der Waals surface area contributed by atoms with E-state index in [0.717, 1.165) is 6.42 Å². The van der Waals surface area contributed by atoms with Gasteiger partial charge < -0.3 is 25.3 Å². The largest absolute Gasteiger partial charge is 0.454 e. The lowest BCUT2D eigenvalue weighted by molar-refractivity contribution is -0.117. The molecule has 0 bridgehead atoms. The minimum absolute atomic E-state index is 0.137. The zero-order valence-corrected chi connectivity index (χ0v) is 13.3. The highest BCUT2D eigenvalue weighted by atomic mass is 16.7. The van der Waals surface area contributed by atoms with Gasteiger partial charge >= 0.3 is 0 Å². The molecule has 1 heterocycles. The van der Waals surface area contributed by atoms with Gasteiger partial charge in [-0.3, -0.25) is 4.79 Å². The molecule has 22 heavy (non-hydrogen) atoms. The summed E-state index contributed by atoms with van der Waals surface area (Å²) < 4.78 is 16.1. The maximum Gasteiger partial charge on any atom is 0.231 e. The van der Waals surface area contributed by atoms with Gasteiger partial charge in [-0.25, -0.2) is 0 Å². The molecule has 0 saturated heterocycles. The summed E-state index contributed by atoms with van der Waals surface area (Å²) in [7, 11) is 0. The van der Waals surface area contributed by atoms with Crippen LogP contribution in [0, 0.1) is 5.92 Å². The number of benzene rings is 1. The summed E-state index contributed by atoms with van der Waals surface area (Å²) in [6.45, 7) is 6.88. The molecule has 1 aliphatic heterocycles. The minimum Gasteiger partial charge on any atom is -0.454 e. The molecule has 1 amide bonds. The number of nitrogens with two attached hydrogens (primary N) is 1. The van der Waals surface area contributed by atoms with Gasteiger partial charge in [0.05, 0.1) is 30.5 Å². The Bertz CT molecular complexity index is 531. The zero-order valence-electron chi connectivity index (χ0n) is 13.3. The Kier molecular flexibility index (Phi) is 5.49. The fraction of sp³-hybridized carbons (Fsp3) is 0.562. The van der Waals surface area contributed by atoms with E-state index in [4.69, 9.17) is 19.9 Å². The molecule has 3 N–H and O–H groups in total. The average molecular weight is 308 g/mol. The van der Waals surface area contributed by atoms with Crippen LogP contribution in [0.1, 0.15) is 33.6 Å². The molecule has 0 saturated carbocycles. The van der Waals surface area contributed by atoms with Gasteiger partial charge in [0.1, 0.15) is 0 Å². The Labute approximate surface area is 130 Å². The average Bonchev–Trinajstić information content (AvgIpc) is 2.85. The van der Waals surface area contributed by atoms with E-state index in [1.807, 2.05) is 6.92 Å². The molecule has 1 atom stereocenters. The maximum atomic E-state index is 11.9. The second kappa shape index (κ2) is 7.35. The summed E-state index contributed by atoms with van der Waals surface area (Å²) in [5.41, 5.74) is 6.87. The van der Waals surface area contributed by atoms with Crippen LogP contribution in [0.15, 0.2) is 12.1 Å². The van der Waals surface area contributed by atoms with Gasteiger partial charge in [0.2, 0.25) is 12.7 Å². The van der Waals surface area contributed by atoms with E-state index >= 15 is 0 Å². The van der Waals surface area contributed by atoms with Gasteiger partial charge in [-0.05, 0) is 19.3 Å². The van der Waals surface area contributed by atoms with Gasteiger partial charge in [-0.2, -0.15) is 0 Å². The molecule has 2 rings (SSSR count). The van der Waals surface area contributed by atoms with Crippen molar-refractivity contribution < 1.29 is 19.0 Å². The van der Waals surface area contributed by atoms with Gasteiger partial charge in [-0.1, -0.05) is 13.8 Å². The van der Waals surface area contributed by atoms with Crippen LogP contribution in [0.5, 0.6) is 11.5 Å². The lowest BCUT2D eigenvalue weighted by Gasteiger charge is -2.15. The summed E-state index contributed by atoms with van der Waals surface area (Å²) in [6, 6.07) is 3.33. The van der Waals surface area contributed by atoms with Crippen molar-refractivity contribution in [1.82, 2.24) is 0 Å². The highest BCUT2D eigenvalue weighted by Gasteiger charge is 2.17. The minimum atomic E-state index is -0.137. The number of hydrogen-bond acceptors (Lipinski definition) is 5. The van der Waals surface area contributed by atoms with Gasteiger partial charge in [-0.15, -0.1) is 0 Å². The number of hydrogen-bond donors (Lipinski definition) is 2. The molecule has 0 aromatic heterocycles. The molecule has 0 spiro atoms. The van der Waals surface area contributed by atoms with Crippen molar-refractivity contribution in [2.24, 2.45) is 5.92 Å². The highest BCUT2D eigenvalue weighted by molar-refractivity contribution is 5.94. The smallest absolute Gasteiger partial charge is 0.231 e. The third-order valence-corrected chi connectivity index (χ3v) is 3.35. The first-order valence-corrected chi connectivity index (χ1v) is 7.56. The van der Waals surface area contributed by atoms with Crippen molar-refractivity contribution in [3.63, 3.8) is 0 Å². The van der Waals surface area contributed by atoms with E-state index in [2.05, 4.69) is 19.2 Å². The number of fused-ring (bicyclic) bond motifs is 1. The van der Waals surface area contributed by atoms with Gasteiger partial charge in [0.15, 0.2) is 11.5 Å². The zero-order chi connectivity index (χ0) is 16.1. The molecule has 0 fully saturated rings. The fourth-order valence-electron chi connectivity index (χ4n) is 2.36. The molecular weight excluding hydrogens is 284 g/mol. The van der Waals surface area contributed by atoms with Crippen molar-refractivity contribution in [3.8, 4) is 11.5 Å². The summed E-state index contributed by atoms with van der Waals surface area (Å²) in [6.07, 6.45) is 1.43. The number of rotatable bonds is 7. The first-order chi connectivity index (χ1) is 10.5. The third kappa shape index (κ3) is 4.53. The predicted octanol–water partition coefficient (Wildman–Crippen LogP) is 2.78. The van der Waals surface area contributed by atoms with Crippen LogP contribution in [0.25, 0.3) is 0 Å². The lowest BCUT2D eigenvalue weighted by Crippen LogP contribution is -2.18. The van der Waals surface area contributed by atoms with Crippen molar-refractivity contribution >= 4 is 17.3 Å². The topological polar surface area (TPSA) is 82.8 Å². The van der Waals surface area contributed by atoms with E-state index in [1.165, 1.54) is 0 Å². The van der Waals surface area contributed by atoms with E-state index < -0.39 is 0 Å². The normalized spacial score (nSPS) is 14.2. The van der Waals surface area contributed by atoms with E-state index in [1.54, 1.807) is 12.1 Å². The Morgan fingerprint density at radius 3 is 2.68 bits per heavy atom. The molecule has 0 aliphatic carbocycles. The quantitative estimate of drug-likeness (QED) is 0.757. The van der Waals surface area contributed by atoms with Crippen molar-refractivity contribution in [3.05, 3.63) is 12.1 Å². The van der Waals surface area contributed by atoms with Crippen LogP contribution in [-0.4, -0.2) is 25.4 Å². The number of carbonyl (C=O) groups excluding carboxylic acids is 1. The molecule has 1 aromatic carbocycles. The first-order valence-electron chi connectivity index (χ1n) is 7.56. The van der Waals surface area contributed by atoms with E-state index in [9.17, 15) is 4.79 Å². The molecular formula is C16H24N2O4. The number of carbonyl (C=O) groups is 1. The summed E-state index contributed by atoms with van der Waals surface area (Å²) in [4.78, 5) is 11.9. The monoisotopic (exact) mass is 308 g/mol. The Morgan fingerprint density at radius 1 is 1.32 bits per heavy atom. The van der Waals surface area contributed by atoms with Crippen LogP contribution in [-0.2, 0) is 9.53 Å². The Balaban J connectivity index is 1.80.